The van der Waals surface area contributed by atoms with Gasteiger partial charge in [-0.3, -0.25) is 0 Å². The van der Waals surface area contributed by atoms with Crippen LogP contribution in [0.2, 0.25) is 5.02 Å². The molecule has 0 aromatic heterocycles. The maximum absolute atomic E-state index is 13.0. The van der Waals surface area contributed by atoms with Gasteiger partial charge in [-0.05, 0) is 12.1 Å². The van der Waals surface area contributed by atoms with Crippen molar-refractivity contribution in [2.24, 2.45) is 0 Å². The van der Waals surface area contributed by atoms with Crippen molar-refractivity contribution < 1.29 is 9.50 Å². The molecule has 1 atom stereocenters. The van der Waals surface area contributed by atoms with E-state index in [2.05, 4.69) is 0 Å². The predicted molar refractivity (Wildman–Crippen MR) is 47.1 cm³/mol. The normalized spacial score (nSPS) is 13.0. The molecular weight excluding hydrogens is 202 g/mol. The van der Waals surface area contributed by atoms with E-state index in [9.17, 15) is 9.50 Å². The largest absolute Gasteiger partial charge is 0.387 e. The molecule has 0 radical (unpaired) electrons. The van der Waals surface area contributed by atoms with Crippen molar-refractivity contribution in [3.63, 3.8) is 0 Å². The summed E-state index contributed by atoms with van der Waals surface area (Å²) in [6.45, 7) is 0. The Morgan fingerprint density at radius 2 is 2.17 bits per heavy atom. The maximum atomic E-state index is 13.0. The Morgan fingerprint density at radius 1 is 1.50 bits per heavy atom. The fourth-order valence-corrected chi connectivity index (χ4v) is 1.18. The molecule has 0 saturated heterocycles. The molecule has 0 spiro atoms. The summed E-state index contributed by atoms with van der Waals surface area (Å²) in [5.74, 6) is -0.561. The molecule has 0 aliphatic carbocycles. The second-order valence-corrected chi connectivity index (χ2v) is 3.08. The number of halogens is 3. The van der Waals surface area contributed by atoms with Crippen LogP contribution in [0.5, 0.6) is 0 Å². The lowest BCUT2D eigenvalue weighted by Gasteiger charge is -2.07. The second kappa shape index (κ2) is 4.08. The van der Waals surface area contributed by atoms with Crippen LogP contribution < -0.4 is 0 Å². The van der Waals surface area contributed by atoms with Gasteiger partial charge in [-0.1, -0.05) is 17.7 Å². The molecule has 1 aromatic carbocycles. The van der Waals surface area contributed by atoms with Gasteiger partial charge in [-0.2, -0.15) is 0 Å². The van der Waals surface area contributed by atoms with Crippen molar-refractivity contribution >= 4 is 23.2 Å². The molecule has 1 nitrogen and oxygen atoms in total. The zero-order chi connectivity index (χ0) is 9.14. The summed E-state index contributed by atoms with van der Waals surface area (Å²) in [6.07, 6.45) is -0.969. The minimum Gasteiger partial charge on any atom is -0.387 e. The Morgan fingerprint density at radius 3 is 2.67 bits per heavy atom. The van der Waals surface area contributed by atoms with Crippen LogP contribution in [0.4, 0.5) is 4.39 Å². The summed E-state index contributed by atoms with van der Waals surface area (Å²) in [6, 6.07) is 4.08. The van der Waals surface area contributed by atoms with Gasteiger partial charge in [0.05, 0.1) is 12.0 Å². The van der Waals surface area contributed by atoms with E-state index in [4.69, 9.17) is 23.2 Å². The maximum Gasteiger partial charge on any atom is 0.130 e. The molecule has 1 unspecified atom stereocenters. The average molecular weight is 209 g/mol. The van der Waals surface area contributed by atoms with Gasteiger partial charge in [0.1, 0.15) is 5.82 Å². The van der Waals surface area contributed by atoms with E-state index in [-0.39, 0.29) is 11.4 Å². The van der Waals surface area contributed by atoms with Crippen LogP contribution in [0.1, 0.15) is 11.7 Å². The summed E-state index contributed by atoms with van der Waals surface area (Å²) >= 11 is 10.9. The predicted octanol–water partition coefficient (Wildman–Crippen LogP) is 2.75. The number of alkyl halides is 1. The lowest BCUT2D eigenvalue weighted by atomic mass is 10.1. The van der Waals surface area contributed by atoms with Crippen LogP contribution in [0.15, 0.2) is 18.2 Å². The summed E-state index contributed by atoms with van der Waals surface area (Å²) in [5, 5.41) is 9.49. The van der Waals surface area contributed by atoms with Gasteiger partial charge in [0.25, 0.3) is 0 Å². The van der Waals surface area contributed by atoms with E-state index in [1.807, 2.05) is 0 Å². The minimum absolute atomic E-state index is 0.0292. The Bertz CT molecular complexity index is 278. The first-order valence-corrected chi connectivity index (χ1v) is 4.25. The van der Waals surface area contributed by atoms with Crippen molar-refractivity contribution in [3.8, 4) is 0 Å². The molecule has 1 N–H and O–H groups in total. The van der Waals surface area contributed by atoms with Crippen LogP contribution in [-0.2, 0) is 0 Å². The molecule has 0 amide bonds. The first-order chi connectivity index (χ1) is 5.65. The van der Waals surface area contributed by atoms with E-state index < -0.39 is 11.9 Å². The molecule has 0 aliphatic rings. The molecule has 0 heterocycles. The number of rotatable bonds is 2. The van der Waals surface area contributed by atoms with Gasteiger partial charge < -0.3 is 5.11 Å². The third-order valence-corrected chi connectivity index (χ3v) is 2.00. The summed E-state index contributed by atoms with van der Waals surface area (Å²) in [5.41, 5.74) is 0.175. The van der Waals surface area contributed by atoms with Crippen molar-refractivity contribution in [3.05, 3.63) is 34.6 Å². The standard InChI is InChI=1S/C8H7Cl2FO/c9-4-8(12)6-2-1-5(10)3-7(6)11/h1-3,8,12H,4H2. The highest BCUT2D eigenvalue weighted by molar-refractivity contribution is 6.30. The number of benzene rings is 1. The Kier molecular flexibility index (Phi) is 3.32. The zero-order valence-electron chi connectivity index (χ0n) is 6.10. The van der Waals surface area contributed by atoms with E-state index in [1.54, 1.807) is 0 Å². The summed E-state index contributed by atoms with van der Waals surface area (Å²) < 4.78 is 13.0. The van der Waals surface area contributed by atoms with E-state index in [1.165, 1.54) is 12.1 Å². The van der Waals surface area contributed by atoms with Crippen molar-refractivity contribution in [2.45, 2.75) is 6.10 Å². The lowest BCUT2D eigenvalue weighted by Crippen LogP contribution is -2.01. The van der Waals surface area contributed by atoms with Crippen molar-refractivity contribution in [1.82, 2.24) is 0 Å². The molecule has 0 fully saturated rings. The zero-order valence-corrected chi connectivity index (χ0v) is 7.61. The smallest absolute Gasteiger partial charge is 0.130 e. The molecule has 0 bridgehead atoms. The minimum atomic E-state index is -0.969. The Balaban J connectivity index is 3.01. The second-order valence-electron chi connectivity index (χ2n) is 2.34. The van der Waals surface area contributed by atoms with E-state index >= 15 is 0 Å². The highest BCUT2D eigenvalue weighted by Crippen LogP contribution is 2.21. The van der Waals surface area contributed by atoms with Crippen LogP contribution >= 0.6 is 23.2 Å². The van der Waals surface area contributed by atoms with Crippen LogP contribution in [0.3, 0.4) is 0 Å². The fourth-order valence-electron chi connectivity index (χ4n) is 0.855. The van der Waals surface area contributed by atoms with E-state index in [0.29, 0.717) is 5.02 Å². The average Bonchev–Trinajstić information content (AvgIpc) is 2.03. The number of aliphatic hydroxyl groups is 1. The monoisotopic (exact) mass is 208 g/mol. The summed E-state index contributed by atoms with van der Waals surface area (Å²) in [4.78, 5) is 0. The molecular formula is C8H7Cl2FO. The topological polar surface area (TPSA) is 20.2 Å². The molecule has 0 aliphatic heterocycles. The van der Waals surface area contributed by atoms with Gasteiger partial charge in [0, 0.05) is 10.6 Å². The van der Waals surface area contributed by atoms with Crippen LogP contribution in [0.25, 0.3) is 0 Å². The van der Waals surface area contributed by atoms with E-state index in [0.717, 1.165) is 6.07 Å². The van der Waals surface area contributed by atoms with Gasteiger partial charge in [0.2, 0.25) is 0 Å². The first-order valence-electron chi connectivity index (χ1n) is 3.34. The van der Waals surface area contributed by atoms with Crippen LogP contribution in [-0.4, -0.2) is 11.0 Å². The summed E-state index contributed by atoms with van der Waals surface area (Å²) in [7, 11) is 0. The van der Waals surface area contributed by atoms with Crippen molar-refractivity contribution in [1.29, 1.82) is 0 Å². The van der Waals surface area contributed by atoms with Crippen molar-refractivity contribution in [2.75, 3.05) is 5.88 Å². The third-order valence-electron chi connectivity index (χ3n) is 1.47. The number of hydrogen-bond donors (Lipinski definition) is 1. The molecule has 1 aromatic rings. The first kappa shape index (κ1) is 9.78. The SMILES string of the molecule is OC(CCl)c1ccc(Cl)cc1F. The quantitative estimate of drug-likeness (QED) is 0.742. The number of aliphatic hydroxyl groups excluding tert-OH is 1. The van der Waals surface area contributed by atoms with Crippen LogP contribution in [0, 0.1) is 5.82 Å². The third kappa shape index (κ3) is 2.09. The molecule has 0 saturated carbocycles. The molecule has 12 heavy (non-hydrogen) atoms. The lowest BCUT2D eigenvalue weighted by molar-refractivity contribution is 0.197. The number of hydrogen-bond acceptors (Lipinski definition) is 1. The Hall–Kier alpha value is -0.310. The van der Waals surface area contributed by atoms with Gasteiger partial charge in [-0.15, -0.1) is 11.6 Å². The highest BCUT2D eigenvalue weighted by atomic mass is 35.5. The molecule has 4 heteroatoms. The Labute approximate surface area is 79.7 Å². The van der Waals surface area contributed by atoms with Gasteiger partial charge in [0.15, 0.2) is 0 Å². The fraction of sp³-hybridized carbons (Fsp3) is 0.250. The van der Waals surface area contributed by atoms with Gasteiger partial charge >= 0.3 is 0 Å². The molecule has 66 valence electrons. The van der Waals surface area contributed by atoms with Gasteiger partial charge in [-0.25, -0.2) is 4.39 Å². The molecule has 1 rings (SSSR count). The highest BCUT2D eigenvalue weighted by Gasteiger charge is 2.11.